The third-order valence-electron chi connectivity index (χ3n) is 2.25. The molecule has 4 nitrogen and oxygen atoms in total. The van der Waals surface area contributed by atoms with Gasteiger partial charge in [-0.15, -0.1) is 0 Å². The minimum Gasteiger partial charge on any atom is -0.478 e. The third-order valence-corrected chi connectivity index (χ3v) is 2.56. The van der Waals surface area contributed by atoms with Crippen LogP contribution in [0.25, 0.3) is 0 Å². The first-order chi connectivity index (χ1) is 8.04. The maximum atomic E-state index is 11.5. The van der Waals surface area contributed by atoms with Crippen molar-refractivity contribution in [3.05, 3.63) is 28.8 Å². The number of benzene rings is 1. The SMILES string of the molecule is CCCCC(=O)Nc1ccc(C(=O)O)cc1Cl. The summed E-state index contributed by atoms with van der Waals surface area (Å²) in [4.78, 5) is 22.1. The summed E-state index contributed by atoms with van der Waals surface area (Å²) in [6, 6.07) is 4.22. The Hall–Kier alpha value is -1.55. The number of carbonyl (C=O) groups excluding carboxylic acids is 1. The average Bonchev–Trinajstić information content (AvgIpc) is 2.28. The van der Waals surface area contributed by atoms with Crippen LogP contribution in [0.15, 0.2) is 18.2 Å². The van der Waals surface area contributed by atoms with Crippen molar-refractivity contribution in [2.75, 3.05) is 5.32 Å². The molecule has 92 valence electrons. The van der Waals surface area contributed by atoms with Gasteiger partial charge in [0.1, 0.15) is 0 Å². The molecule has 0 fully saturated rings. The highest BCUT2D eigenvalue weighted by Gasteiger charge is 2.09. The molecule has 0 saturated heterocycles. The lowest BCUT2D eigenvalue weighted by atomic mass is 10.2. The first-order valence-corrected chi connectivity index (χ1v) is 5.75. The highest BCUT2D eigenvalue weighted by atomic mass is 35.5. The topological polar surface area (TPSA) is 66.4 Å². The number of carboxylic acids is 1. The number of rotatable bonds is 5. The Bertz CT molecular complexity index is 432. The van der Waals surface area contributed by atoms with Crippen LogP contribution in [0.3, 0.4) is 0 Å². The Morgan fingerprint density at radius 1 is 1.41 bits per heavy atom. The summed E-state index contributed by atoms with van der Waals surface area (Å²) in [5.41, 5.74) is 0.541. The molecule has 0 aliphatic rings. The molecule has 0 radical (unpaired) electrons. The molecule has 0 unspecified atom stereocenters. The van der Waals surface area contributed by atoms with E-state index in [1.165, 1.54) is 18.2 Å². The van der Waals surface area contributed by atoms with Gasteiger partial charge in [-0.1, -0.05) is 24.9 Å². The van der Waals surface area contributed by atoms with Crippen LogP contribution in [0.5, 0.6) is 0 Å². The van der Waals surface area contributed by atoms with Crippen molar-refractivity contribution in [3.8, 4) is 0 Å². The van der Waals surface area contributed by atoms with Crippen LogP contribution in [0.2, 0.25) is 5.02 Å². The van der Waals surface area contributed by atoms with Crippen molar-refractivity contribution in [1.29, 1.82) is 0 Å². The molecule has 1 aromatic rings. The number of amides is 1. The van der Waals surface area contributed by atoms with Gasteiger partial charge in [0.25, 0.3) is 0 Å². The number of halogens is 1. The molecule has 17 heavy (non-hydrogen) atoms. The summed E-state index contributed by atoms with van der Waals surface area (Å²) >= 11 is 5.87. The molecule has 2 N–H and O–H groups in total. The Kier molecular flexibility index (Phi) is 4.97. The van der Waals surface area contributed by atoms with Gasteiger partial charge in [0.15, 0.2) is 0 Å². The molecule has 0 aliphatic heterocycles. The van der Waals surface area contributed by atoms with Gasteiger partial charge in [-0.25, -0.2) is 4.79 Å². The van der Waals surface area contributed by atoms with E-state index in [-0.39, 0.29) is 16.5 Å². The normalized spacial score (nSPS) is 10.0. The van der Waals surface area contributed by atoms with Crippen molar-refractivity contribution < 1.29 is 14.7 Å². The minimum atomic E-state index is -1.05. The van der Waals surface area contributed by atoms with Crippen LogP contribution in [-0.4, -0.2) is 17.0 Å². The zero-order valence-corrected chi connectivity index (χ0v) is 10.3. The van der Waals surface area contributed by atoms with Crippen molar-refractivity contribution in [3.63, 3.8) is 0 Å². The van der Waals surface area contributed by atoms with Gasteiger partial charge < -0.3 is 10.4 Å². The fourth-order valence-electron chi connectivity index (χ4n) is 1.30. The first kappa shape index (κ1) is 13.5. The largest absolute Gasteiger partial charge is 0.478 e. The number of carboxylic acid groups (broad SMARTS) is 1. The Morgan fingerprint density at radius 2 is 2.12 bits per heavy atom. The number of anilines is 1. The second-order valence-electron chi connectivity index (χ2n) is 3.65. The minimum absolute atomic E-state index is 0.0987. The zero-order chi connectivity index (χ0) is 12.8. The number of aromatic carboxylic acids is 1. The van der Waals surface area contributed by atoms with Gasteiger partial charge in [0.2, 0.25) is 5.91 Å². The summed E-state index contributed by atoms with van der Waals surface area (Å²) in [6.45, 7) is 2.00. The van der Waals surface area contributed by atoms with E-state index in [0.29, 0.717) is 12.1 Å². The van der Waals surface area contributed by atoms with Gasteiger partial charge in [0, 0.05) is 6.42 Å². The third kappa shape index (κ3) is 4.07. The highest BCUT2D eigenvalue weighted by molar-refractivity contribution is 6.34. The molecule has 0 bridgehead atoms. The number of nitrogens with one attached hydrogen (secondary N) is 1. The van der Waals surface area contributed by atoms with Crippen LogP contribution in [0, 0.1) is 0 Å². The molecule has 0 aliphatic carbocycles. The van der Waals surface area contributed by atoms with E-state index in [2.05, 4.69) is 5.32 Å². The second-order valence-corrected chi connectivity index (χ2v) is 4.06. The summed E-state index contributed by atoms with van der Waals surface area (Å²) < 4.78 is 0. The molecule has 0 heterocycles. The van der Waals surface area contributed by atoms with Gasteiger partial charge in [-0.05, 0) is 24.6 Å². The van der Waals surface area contributed by atoms with Crippen molar-refractivity contribution in [1.82, 2.24) is 0 Å². The van der Waals surface area contributed by atoms with Crippen LogP contribution < -0.4 is 5.32 Å². The fraction of sp³-hybridized carbons (Fsp3) is 0.333. The number of hydrogen-bond donors (Lipinski definition) is 2. The highest BCUT2D eigenvalue weighted by Crippen LogP contribution is 2.23. The van der Waals surface area contributed by atoms with Crippen LogP contribution in [0.1, 0.15) is 36.5 Å². The maximum absolute atomic E-state index is 11.5. The summed E-state index contributed by atoms with van der Waals surface area (Å²) in [5.74, 6) is -1.16. The average molecular weight is 256 g/mol. The molecule has 0 aromatic heterocycles. The van der Waals surface area contributed by atoms with E-state index in [9.17, 15) is 9.59 Å². The monoisotopic (exact) mass is 255 g/mol. The van der Waals surface area contributed by atoms with E-state index < -0.39 is 5.97 Å². The van der Waals surface area contributed by atoms with Crippen LogP contribution in [0.4, 0.5) is 5.69 Å². The number of hydrogen-bond acceptors (Lipinski definition) is 2. The van der Waals surface area contributed by atoms with Crippen molar-refractivity contribution in [2.45, 2.75) is 26.2 Å². The van der Waals surface area contributed by atoms with Gasteiger partial charge in [-0.3, -0.25) is 4.79 Å². The fourth-order valence-corrected chi connectivity index (χ4v) is 1.53. The molecule has 0 spiro atoms. The standard InChI is InChI=1S/C12H14ClNO3/c1-2-3-4-11(15)14-10-6-5-8(12(16)17)7-9(10)13/h5-7H,2-4H2,1H3,(H,14,15)(H,16,17). The molecular weight excluding hydrogens is 242 g/mol. The molecule has 0 atom stereocenters. The Balaban J connectivity index is 2.72. The Labute approximate surface area is 105 Å². The predicted molar refractivity (Wildman–Crippen MR) is 66.6 cm³/mol. The number of carbonyl (C=O) groups is 2. The summed E-state index contributed by atoms with van der Waals surface area (Å²) in [5, 5.41) is 11.6. The lowest BCUT2D eigenvalue weighted by molar-refractivity contribution is -0.116. The van der Waals surface area contributed by atoms with E-state index in [1.54, 1.807) is 0 Å². The molecule has 1 amide bonds. The van der Waals surface area contributed by atoms with Crippen LogP contribution in [-0.2, 0) is 4.79 Å². The Morgan fingerprint density at radius 3 is 2.65 bits per heavy atom. The van der Waals surface area contributed by atoms with E-state index in [0.717, 1.165) is 12.8 Å². The quantitative estimate of drug-likeness (QED) is 0.849. The van der Waals surface area contributed by atoms with Crippen molar-refractivity contribution in [2.24, 2.45) is 0 Å². The maximum Gasteiger partial charge on any atom is 0.335 e. The summed E-state index contributed by atoms with van der Waals surface area (Å²) in [7, 11) is 0. The lowest BCUT2D eigenvalue weighted by Gasteiger charge is -2.07. The van der Waals surface area contributed by atoms with Crippen molar-refractivity contribution >= 4 is 29.2 Å². The van der Waals surface area contributed by atoms with Crippen LogP contribution >= 0.6 is 11.6 Å². The zero-order valence-electron chi connectivity index (χ0n) is 9.50. The molecule has 5 heteroatoms. The molecule has 1 rings (SSSR count). The van der Waals surface area contributed by atoms with Gasteiger partial charge in [-0.2, -0.15) is 0 Å². The van der Waals surface area contributed by atoms with Gasteiger partial charge >= 0.3 is 5.97 Å². The molecule has 0 saturated carbocycles. The first-order valence-electron chi connectivity index (χ1n) is 5.37. The molecular formula is C12H14ClNO3. The lowest BCUT2D eigenvalue weighted by Crippen LogP contribution is -2.11. The van der Waals surface area contributed by atoms with E-state index in [4.69, 9.17) is 16.7 Å². The molecule has 1 aromatic carbocycles. The smallest absolute Gasteiger partial charge is 0.335 e. The predicted octanol–water partition coefficient (Wildman–Crippen LogP) is 3.17. The summed E-state index contributed by atoms with van der Waals surface area (Å²) in [6.07, 6.45) is 2.20. The number of unbranched alkanes of at least 4 members (excludes halogenated alkanes) is 1. The van der Waals surface area contributed by atoms with Gasteiger partial charge in [0.05, 0.1) is 16.3 Å². The second kappa shape index (κ2) is 6.25. The van der Waals surface area contributed by atoms with E-state index >= 15 is 0 Å². The van der Waals surface area contributed by atoms with E-state index in [1.807, 2.05) is 6.92 Å².